The zero-order chi connectivity index (χ0) is 15.2. The van der Waals surface area contributed by atoms with Crippen LogP contribution in [-0.4, -0.2) is 16.6 Å². The molecule has 1 N–H and O–H groups in total. The van der Waals surface area contributed by atoms with Crippen molar-refractivity contribution < 1.29 is 14.8 Å². The predicted molar refractivity (Wildman–Crippen MR) is 79.4 cm³/mol. The Morgan fingerprint density at radius 3 is 2.57 bits per heavy atom. The fourth-order valence-corrected chi connectivity index (χ4v) is 2.03. The lowest BCUT2D eigenvalue weighted by Gasteiger charge is -2.13. The maximum Gasteiger partial charge on any atom is 0.270 e. The van der Waals surface area contributed by atoms with E-state index >= 15 is 0 Å². The zero-order valence-corrected chi connectivity index (χ0v) is 11.7. The predicted octanol–water partition coefficient (Wildman–Crippen LogP) is 3.27. The van der Waals surface area contributed by atoms with E-state index in [0.717, 1.165) is 12.0 Å². The van der Waals surface area contributed by atoms with Gasteiger partial charge in [-0.1, -0.05) is 30.3 Å². The summed E-state index contributed by atoms with van der Waals surface area (Å²) in [5.41, 5.74) is 1.52. The van der Waals surface area contributed by atoms with Crippen molar-refractivity contribution in [3.05, 3.63) is 69.8 Å². The van der Waals surface area contributed by atoms with Crippen LogP contribution in [0.2, 0.25) is 0 Å². The van der Waals surface area contributed by atoms with Crippen molar-refractivity contribution in [1.82, 2.24) is 0 Å². The van der Waals surface area contributed by atoms with Crippen LogP contribution >= 0.6 is 0 Å². The lowest BCUT2D eigenvalue weighted by molar-refractivity contribution is -0.385. The molecule has 1 atom stereocenters. The molecule has 0 radical (unpaired) electrons. The van der Waals surface area contributed by atoms with E-state index in [0.29, 0.717) is 17.9 Å². The van der Waals surface area contributed by atoms with E-state index in [1.807, 2.05) is 30.3 Å². The molecule has 0 fully saturated rings. The van der Waals surface area contributed by atoms with Crippen LogP contribution < -0.4 is 4.74 Å². The van der Waals surface area contributed by atoms with Gasteiger partial charge < -0.3 is 9.84 Å². The molecule has 0 aliphatic carbocycles. The number of hydrogen-bond acceptors (Lipinski definition) is 4. The Bertz CT molecular complexity index is 611. The van der Waals surface area contributed by atoms with Gasteiger partial charge in [-0.25, -0.2) is 0 Å². The number of non-ortho nitro benzene ring substituents is 1. The van der Waals surface area contributed by atoms with Gasteiger partial charge in [-0.3, -0.25) is 10.1 Å². The lowest BCUT2D eigenvalue weighted by atomic mass is 10.1. The van der Waals surface area contributed by atoms with Gasteiger partial charge in [0.05, 0.1) is 17.6 Å². The number of aliphatic hydroxyl groups is 1. The molecule has 2 aromatic rings. The smallest absolute Gasteiger partial charge is 0.270 e. The third-order valence-electron chi connectivity index (χ3n) is 3.15. The van der Waals surface area contributed by atoms with Crippen molar-refractivity contribution in [1.29, 1.82) is 0 Å². The molecule has 0 unspecified atom stereocenters. The largest absolute Gasteiger partial charge is 0.493 e. The third-order valence-corrected chi connectivity index (χ3v) is 3.15. The Morgan fingerprint density at radius 2 is 1.95 bits per heavy atom. The Hall–Kier alpha value is -2.40. The quantitative estimate of drug-likeness (QED) is 0.653. The minimum Gasteiger partial charge on any atom is -0.493 e. The molecular formula is C16H17NO4. The van der Waals surface area contributed by atoms with Gasteiger partial charge in [-0.15, -0.1) is 0 Å². The average Bonchev–Trinajstić information content (AvgIpc) is 2.48. The second-order valence-corrected chi connectivity index (χ2v) is 4.74. The molecule has 0 aliphatic heterocycles. The molecule has 5 heteroatoms. The van der Waals surface area contributed by atoms with Crippen LogP contribution in [0.15, 0.2) is 48.5 Å². The molecule has 0 amide bonds. The first-order chi connectivity index (χ1) is 10.1. The highest BCUT2D eigenvalue weighted by atomic mass is 16.6. The highest BCUT2D eigenvalue weighted by Gasteiger charge is 2.15. The summed E-state index contributed by atoms with van der Waals surface area (Å²) < 4.78 is 5.65. The van der Waals surface area contributed by atoms with Crippen molar-refractivity contribution in [3.63, 3.8) is 0 Å². The van der Waals surface area contributed by atoms with Crippen molar-refractivity contribution in [2.24, 2.45) is 0 Å². The van der Waals surface area contributed by atoms with Gasteiger partial charge in [-0.2, -0.15) is 0 Å². The number of ether oxygens (including phenoxy) is 1. The number of rotatable bonds is 6. The number of nitro benzene ring substituents is 1. The average molecular weight is 287 g/mol. The van der Waals surface area contributed by atoms with E-state index in [9.17, 15) is 15.2 Å². The van der Waals surface area contributed by atoms with Crippen LogP contribution in [-0.2, 0) is 6.42 Å². The number of aliphatic hydroxyl groups excluding tert-OH is 1. The van der Waals surface area contributed by atoms with E-state index < -0.39 is 11.0 Å². The molecule has 5 nitrogen and oxygen atoms in total. The Morgan fingerprint density at radius 1 is 1.24 bits per heavy atom. The van der Waals surface area contributed by atoms with Gasteiger partial charge >= 0.3 is 0 Å². The highest BCUT2D eigenvalue weighted by Crippen LogP contribution is 2.29. The van der Waals surface area contributed by atoms with Gasteiger partial charge in [-0.05, 0) is 18.6 Å². The van der Waals surface area contributed by atoms with E-state index in [-0.39, 0.29) is 5.69 Å². The molecule has 0 bridgehead atoms. The molecule has 2 rings (SSSR count). The van der Waals surface area contributed by atoms with Crippen molar-refractivity contribution in [2.75, 3.05) is 6.61 Å². The van der Waals surface area contributed by atoms with Crippen LogP contribution in [0.1, 0.15) is 24.2 Å². The van der Waals surface area contributed by atoms with Crippen LogP contribution in [0.25, 0.3) is 0 Å². The molecule has 0 aliphatic rings. The summed E-state index contributed by atoms with van der Waals surface area (Å²) in [6, 6.07) is 14.2. The summed E-state index contributed by atoms with van der Waals surface area (Å²) in [7, 11) is 0. The molecule has 0 heterocycles. The number of nitro groups is 1. The maximum absolute atomic E-state index is 10.8. The van der Waals surface area contributed by atoms with Crippen LogP contribution in [0.5, 0.6) is 5.75 Å². The SMILES string of the molecule is C[C@@H](O)c1cc([N+](=O)[O-])ccc1OCCc1ccccc1. The summed E-state index contributed by atoms with van der Waals surface area (Å²) in [6.45, 7) is 2.00. The molecule has 0 aromatic heterocycles. The summed E-state index contributed by atoms with van der Waals surface area (Å²) in [4.78, 5) is 10.3. The first kappa shape index (κ1) is 15.0. The summed E-state index contributed by atoms with van der Waals surface area (Å²) in [5, 5.41) is 20.5. The summed E-state index contributed by atoms with van der Waals surface area (Å²) in [5.74, 6) is 0.478. The summed E-state index contributed by atoms with van der Waals surface area (Å²) in [6.07, 6.45) is -0.0894. The highest BCUT2D eigenvalue weighted by molar-refractivity contribution is 5.44. The van der Waals surface area contributed by atoms with E-state index in [1.165, 1.54) is 18.2 Å². The lowest BCUT2D eigenvalue weighted by Crippen LogP contribution is -2.05. The Balaban J connectivity index is 2.07. The van der Waals surface area contributed by atoms with Gasteiger partial charge in [0.25, 0.3) is 5.69 Å². The molecule has 21 heavy (non-hydrogen) atoms. The molecule has 2 aromatic carbocycles. The fourth-order valence-electron chi connectivity index (χ4n) is 2.03. The summed E-state index contributed by atoms with van der Waals surface area (Å²) >= 11 is 0. The minimum atomic E-state index is -0.823. The fraction of sp³-hybridized carbons (Fsp3) is 0.250. The second kappa shape index (κ2) is 6.85. The van der Waals surface area contributed by atoms with E-state index in [4.69, 9.17) is 4.74 Å². The molecule has 0 spiro atoms. The Labute approximate surface area is 123 Å². The standard InChI is InChI=1S/C16H17NO4/c1-12(18)15-11-14(17(19)20)7-8-16(15)21-10-9-13-5-3-2-4-6-13/h2-8,11-12,18H,9-10H2,1H3/t12-/m1/s1. The first-order valence-corrected chi connectivity index (χ1v) is 6.71. The topological polar surface area (TPSA) is 72.6 Å². The molecular weight excluding hydrogens is 270 g/mol. The Kier molecular flexibility index (Phi) is 4.90. The molecule has 0 saturated heterocycles. The van der Waals surface area contributed by atoms with Gasteiger partial charge in [0, 0.05) is 24.1 Å². The minimum absolute atomic E-state index is 0.0543. The van der Waals surface area contributed by atoms with Crippen molar-refractivity contribution >= 4 is 5.69 Å². The van der Waals surface area contributed by atoms with E-state index in [1.54, 1.807) is 6.92 Å². The van der Waals surface area contributed by atoms with Crippen LogP contribution in [0, 0.1) is 10.1 Å². The zero-order valence-electron chi connectivity index (χ0n) is 11.7. The van der Waals surface area contributed by atoms with Crippen LogP contribution in [0.3, 0.4) is 0 Å². The molecule has 110 valence electrons. The number of nitrogens with zero attached hydrogens (tertiary/aromatic N) is 1. The van der Waals surface area contributed by atoms with Gasteiger partial charge in [0.1, 0.15) is 5.75 Å². The number of hydrogen-bond donors (Lipinski definition) is 1. The van der Waals surface area contributed by atoms with Crippen LogP contribution in [0.4, 0.5) is 5.69 Å². The number of benzene rings is 2. The normalized spacial score (nSPS) is 11.9. The third kappa shape index (κ3) is 4.03. The first-order valence-electron chi connectivity index (χ1n) is 6.71. The van der Waals surface area contributed by atoms with E-state index in [2.05, 4.69) is 0 Å². The van der Waals surface area contributed by atoms with Crippen molar-refractivity contribution in [3.8, 4) is 5.75 Å². The second-order valence-electron chi connectivity index (χ2n) is 4.74. The monoisotopic (exact) mass is 287 g/mol. The van der Waals surface area contributed by atoms with Gasteiger partial charge in [0.2, 0.25) is 0 Å². The molecule has 0 saturated carbocycles. The van der Waals surface area contributed by atoms with Crippen molar-refractivity contribution in [2.45, 2.75) is 19.4 Å². The maximum atomic E-state index is 10.8. The van der Waals surface area contributed by atoms with Gasteiger partial charge in [0.15, 0.2) is 0 Å².